The van der Waals surface area contributed by atoms with Crippen molar-refractivity contribution in [3.05, 3.63) is 52.1 Å². The van der Waals surface area contributed by atoms with Gasteiger partial charge in [-0.1, -0.05) is 0 Å². The summed E-state index contributed by atoms with van der Waals surface area (Å²) in [5.41, 5.74) is 0.855. The van der Waals surface area contributed by atoms with E-state index in [-0.39, 0.29) is 6.61 Å². The Balaban J connectivity index is 1.34. The molecule has 11 heteroatoms. The molecule has 188 valence electrons. The van der Waals surface area contributed by atoms with Crippen LogP contribution in [0.3, 0.4) is 0 Å². The molecule has 1 aliphatic rings. The van der Waals surface area contributed by atoms with Gasteiger partial charge in [-0.15, -0.1) is 0 Å². The number of benzene rings is 1. The number of rotatable bonds is 11. The minimum absolute atomic E-state index is 0.182. The number of aliphatic hydroxyl groups excluding tert-OH is 1. The number of piperazine rings is 1. The first-order chi connectivity index (χ1) is 17.1. The molecular formula is C24H31IN7O3-. The van der Waals surface area contributed by atoms with Gasteiger partial charge in [-0.25, -0.2) is 0 Å². The first-order valence-electron chi connectivity index (χ1n) is 11.7. The Morgan fingerprint density at radius 3 is 2.46 bits per heavy atom. The van der Waals surface area contributed by atoms with Crippen molar-refractivity contribution in [3.8, 4) is 11.5 Å². The number of nitrogens with zero attached hydrogens (tertiary/aromatic N) is 6. The average molecular weight is 592 g/mol. The van der Waals surface area contributed by atoms with Gasteiger partial charge in [0.15, 0.2) is 0 Å². The minimum atomic E-state index is -0.501. The molecule has 0 spiro atoms. The van der Waals surface area contributed by atoms with Gasteiger partial charge >= 0.3 is 139 Å². The molecule has 2 aromatic heterocycles. The van der Waals surface area contributed by atoms with E-state index in [1.165, 1.54) is 0 Å². The number of ether oxygens (including phenoxy) is 1. The second kappa shape index (κ2) is 12.9. The van der Waals surface area contributed by atoms with Crippen molar-refractivity contribution >= 4 is 17.6 Å². The number of pyridine rings is 1. The fraction of sp³-hybridized carbons (Fsp3) is 0.417. The number of halogens is 1. The maximum absolute atomic E-state index is 9.14. The molecule has 0 atom stereocenters. The van der Waals surface area contributed by atoms with Crippen LogP contribution in [0.1, 0.15) is 19.2 Å². The Kier molecular flexibility index (Phi) is 9.40. The number of β-amino-alcohol motifs (C(OH)–C–C–N with tert-alkyl or cyclic N) is 1. The summed E-state index contributed by atoms with van der Waals surface area (Å²) >= 11 is -0.501. The van der Waals surface area contributed by atoms with Gasteiger partial charge in [-0.05, 0) is 6.92 Å². The molecule has 0 bridgehead atoms. The topological polar surface area (TPSA) is 109 Å². The summed E-state index contributed by atoms with van der Waals surface area (Å²) in [7, 11) is 0. The third kappa shape index (κ3) is 7.69. The second-order valence-electron chi connectivity index (χ2n) is 8.02. The number of aromatic nitrogens is 4. The zero-order valence-corrected chi connectivity index (χ0v) is 22.2. The van der Waals surface area contributed by atoms with Gasteiger partial charge in [0, 0.05) is 32.7 Å². The molecule has 35 heavy (non-hydrogen) atoms. The van der Waals surface area contributed by atoms with Crippen molar-refractivity contribution in [1.29, 1.82) is 0 Å². The third-order valence-electron chi connectivity index (χ3n) is 5.27. The molecule has 3 heterocycles. The fourth-order valence-corrected chi connectivity index (χ4v) is 5.05. The molecule has 3 aromatic rings. The Morgan fingerprint density at radius 1 is 1.00 bits per heavy atom. The summed E-state index contributed by atoms with van der Waals surface area (Å²) in [6.45, 7) is 9.02. The Bertz CT molecular complexity index is 1060. The Labute approximate surface area is 216 Å². The number of hydrogen-bond donors (Lipinski definition) is 2. The summed E-state index contributed by atoms with van der Waals surface area (Å²) in [5, 5.41) is 12.4. The molecule has 2 N–H and O–H groups in total. The van der Waals surface area contributed by atoms with E-state index in [9.17, 15) is 0 Å². The van der Waals surface area contributed by atoms with Crippen molar-refractivity contribution < 1.29 is 34.5 Å². The monoisotopic (exact) mass is 592 g/mol. The number of hydrogen-bond acceptors (Lipinski definition) is 10. The van der Waals surface area contributed by atoms with Crippen LogP contribution >= 0.6 is 0 Å². The van der Waals surface area contributed by atoms with Crippen LogP contribution in [0.5, 0.6) is 11.5 Å². The van der Waals surface area contributed by atoms with Gasteiger partial charge in [0.2, 0.25) is 5.95 Å². The molecule has 0 amide bonds. The van der Waals surface area contributed by atoms with Crippen LogP contribution < -0.4 is 36.6 Å². The summed E-state index contributed by atoms with van der Waals surface area (Å²) in [5.74, 6) is 3.24. The number of nitrogens with one attached hydrogen (secondary N) is 1. The number of anilines is 3. The van der Waals surface area contributed by atoms with Gasteiger partial charge in [0.1, 0.15) is 5.82 Å². The van der Waals surface area contributed by atoms with Crippen LogP contribution in [0.25, 0.3) is 0 Å². The van der Waals surface area contributed by atoms with Gasteiger partial charge in [0.25, 0.3) is 0 Å². The van der Waals surface area contributed by atoms with Gasteiger partial charge in [-0.2, -0.15) is 4.98 Å². The summed E-state index contributed by atoms with van der Waals surface area (Å²) in [6, 6.07) is 11.5. The van der Waals surface area contributed by atoms with Crippen LogP contribution in [0.2, 0.25) is 0 Å². The van der Waals surface area contributed by atoms with Crippen LogP contribution in [-0.2, 0) is 3.07 Å². The van der Waals surface area contributed by atoms with Gasteiger partial charge < -0.3 is 10.0 Å². The van der Waals surface area contributed by atoms with E-state index in [1.54, 1.807) is 6.20 Å². The molecule has 1 saturated heterocycles. The standard InChI is InChI=1S/C24H31IN7O3/c1-3-16-34-25-22-9-8-21(17-26-22)35-20-6-4-19(5-7-20)29-23-27-18(2)28-24(30-23)32-12-10-31(11-13-32)14-15-33/h4-9,17,33H,3,10-16H2,1-2H3,(H,27,28,29,30)/q-1. The van der Waals surface area contributed by atoms with Crippen LogP contribution in [0, 0.1) is 10.6 Å². The van der Waals surface area contributed by atoms with Crippen LogP contribution in [0.4, 0.5) is 17.6 Å². The quantitative estimate of drug-likeness (QED) is 0.177. The third-order valence-corrected chi connectivity index (χ3v) is 7.11. The molecule has 0 radical (unpaired) electrons. The van der Waals surface area contributed by atoms with E-state index in [0.717, 1.165) is 54.3 Å². The zero-order chi connectivity index (χ0) is 24.5. The maximum atomic E-state index is 9.14. The molecule has 4 rings (SSSR count). The van der Waals surface area contributed by atoms with Crippen molar-refractivity contribution in [2.45, 2.75) is 20.3 Å². The van der Waals surface area contributed by atoms with E-state index in [1.807, 2.05) is 43.3 Å². The van der Waals surface area contributed by atoms with Crippen molar-refractivity contribution in [2.24, 2.45) is 0 Å². The number of aryl methyl sites for hydroxylation is 1. The first-order valence-corrected chi connectivity index (χ1v) is 13.7. The molecular weight excluding hydrogens is 561 g/mol. The van der Waals surface area contributed by atoms with E-state index in [2.05, 4.69) is 42.0 Å². The van der Waals surface area contributed by atoms with E-state index < -0.39 is 21.6 Å². The van der Waals surface area contributed by atoms with Crippen LogP contribution in [-0.4, -0.2) is 75.9 Å². The van der Waals surface area contributed by atoms with Gasteiger partial charge in [-0.3, -0.25) is 4.90 Å². The first kappa shape index (κ1) is 25.5. The predicted molar refractivity (Wildman–Crippen MR) is 129 cm³/mol. The van der Waals surface area contributed by atoms with Crippen molar-refractivity contribution in [3.63, 3.8) is 0 Å². The zero-order valence-electron chi connectivity index (χ0n) is 20.0. The fourth-order valence-electron chi connectivity index (χ4n) is 3.49. The summed E-state index contributed by atoms with van der Waals surface area (Å²) in [6.07, 6.45) is 2.75. The molecule has 1 fully saturated rings. The van der Waals surface area contributed by atoms with Crippen molar-refractivity contribution in [1.82, 2.24) is 24.8 Å². The molecule has 0 aliphatic carbocycles. The predicted octanol–water partition coefficient (Wildman–Crippen LogP) is -0.175. The average Bonchev–Trinajstić information content (AvgIpc) is 2.87. The Hall–Kier alpha value is -2.61. The molecule has 0 unspecified atom stereocenters. The number of aliphatic hydroxyl groups is 1. The normalized spacial score (nSPS) is 14.3. The summed E-state index contributed by atoms with van der Waals surface area (Å²) < 4.78 is 12.5. The second-order valence-corrected chi connectivity index (χ2v) is 10.2. The molecule has 10 nitrogen and oxygen atoms in total. The van der Waals surface area contributed by atoms with E-state index in [4.69, 9.17) is 12.9 Å². The van der Waals surface area contributed by atoms with E-state index >= 15 is 0 Å². The SMILES string of the molecule is CCCO[I-]c1ccc(Oc2ccc(Nc3nc(C)nc(N4CCN(CCO)CC4)n3)cc2)cn1. The van der Waals surface area contributed by atoms with Crippen molar-refractivity contribution in [2.75, 3.05) is 56.2 Å². The van der Waals surface area contributed by atoms with Gasteiger partial charge in [0.05, 0.1) is 6.61 Å². The molecule has 0 saturated carbocycles. The van der Waals surface area contributed by atoms with E-state index in [0.29, 0.717) is 30.0 Å². The summed E-state index contributed by atoms with van der Waals surface area (Å²) in [4.78, 5) is 22.4. The molecule has 1 aromatic carbocycles. The molecule has 1 aliphatic heterocycles. The Morgan fingerprint density at radius 2 is 1.77 bits per heavy atom. The van der Waals surface area contributed by atoms with Crippen LogP contribution in [0.15, 0.2) is 42.6 Å².